The van der Waals surface area contributed by atoms with Gasteiger partial charge in [0.25, 0.3) is 21.6 Å². The molecule has 0 aliphatic carbocycles. The zero-order chi connectivity index (χ0) is 43.2. The van der Waals surface area contributed by atoms with Crippen LogP contribution in [0.3, 0.4) is 0 Å². The van der Waals surface area contributed by atoms with Crippen molar-refractivity contribution in [1.29, 1.82) is 0 Å². The van der Waals surface area contributed by atoms with Gasteiger partial charge in [-0.1, -0.05) is 48.0 Å². The maximum Gasteiger partial charge on any atom is 0.293 e. The first kappa shape index (κ1) is 43.0. The first-order valence-corrected chi connectivity index (χ1v) is 23.1. The topological polar surface area (TPSA) is 159 Å². The number of nitro groups is 1. The summed E-state index contributed by atoms with van der Waals surface area (Å²) in [6, 6.07) is 30.3. The number of benzene rings is 5. The Kier molecular flexibility index (Phi) is 13.3. The number of thiazole rings is 1. The summed E-state index contributed by atoms with van der Waals surface area (Å²) in [5.74, 6) is -0.387. The van der Waals surface area contributed by atoms with E-state index in [2.05, 4.69) is 47.9 Å². The minimum absolute atomic E-state index is 0.0302. The molecule has 0 bridgehead atoms. The third-order valence-electron chi connectivity index (χ3n) is 11.0. The van der Waals surface area contributed by atoms with Gasteiger partial charge < -0.3 is 19.7 Å². The number of nitrogens with one attached hydrogen (secondary N) is 2. The van der Waals surface area contributed by atoms with Crippen LogP contribution in [0, 0.1) is 17.0 Å². The largest absolute Gasteiger partial charge is 0.456 e. The highest BCUT2D eigenvalue weighted by Gasteiger charge is 2.27. The van der Waals surface area contributed by atoms with Crippen LogP contribution in [0.25, 0.3) is 21.3 Å². The Balaban J connectivity index is 0.985. The lowest BCUT2D eigenvalue weighted by atomic mass is 9.99. The zero-order valence-corrected chi connectivity index (χ0v) is 36.5. The molecule has 0 spiro atoms. The number of hydrogen-bond donors (Lipinski definition) is 2. The number of fused-ring (bicyclic) bond motifs is 1. The molecule has 62 heavy (non-hydrogen) atoms. The number of morpholine rings is 1. The van der Waals surface area contributed by atoms with Gasteiger partial charge in [0.1, 0.15) is 17.2 Å². The number of aryl methyl sites for hydroxylation is 1. The number of carbonyl (C=O) groups excluding carboxylic acids is 1. The van der Waals surface area contributed by atoms with Crippen molar-refractivity contribution >= 4 is 66.1 Å². The highest BCUT2D eigenvalue weighted by Crippen LogP contribution is 2.35. The van der Waals surface area contributed by atoms with Gasteiger partial charge in [-0.15, -0.1) is 11.3 Å². The van der Waals surface area contributed by atoms with Crippen molar-refractivity contribution in [2.45, 2.75) is 24.8 Å². The summed E-state index contributed by atoms with van der Waals surface area (Å²) in [5.41, 5.74) is 4.76. The second-order valence-electron chi connectivity index (χ2n) is 15.2. The minimum Gasteiger partial charge on any atom is -0.456 e. The van der Waals surface area contributed by atoms with Gasteiger partial charge in [-0.3, -0.25) is 24.7 Å². The van der Waals surface area contributed by atoms with E-state index in [1.165, 1.54) is 17.7 Å². The number of hydrogen-bond acceptors (Lipinski definition) is 13. The maximum absolute atomic E-state index is 13.9. The van der Waals surface area contributed by atoms with Crippen molar-refractivity contribution in [3.8, 4) is 22.6 Å². The number of sulfonamides is 1. The fraction of sp³-hybridized carbons (Fsp3) is 0.289. The molecule has 6 aromatic rings. The third-order valence-corrected chi connectivity index (χ3v) is 13.5. The van der Waals surface area contributed by atoms with Crippen LogP contribution >= 0.6 is 22.9 Å². The van der Waals surface area contributed by atoms with E-state index >= 15 is 0 Å². The van der Waals surface area contributed by atoms with Gasteiger partial charge in [0.15, 0.2) is 0 Å². The van der Waals surface area contributed by atoms with Crippen molar-refractivity contribution in [3.63, 3.8) is 0 Å². The van der Waals surface area contributed by atoms with Crippen LogP contribution in [0.1, 0.15) is 27.3 Å². The number of carbonyl (C=O) groups is 1. The summed E-state index contributed by atoms with van der Waals surface area (Å²) < 4.78 is 42.2. The molecule has 322 valence electrons. The van der Waals surface area contributed by atoms with Crippen LogP contribution in [0.4, 0.5) is 17.1 Å². The zero-order valence-electron chi connectivity index (χ0n) is 34.1. The van der Waals surface area contributed by atoms with E-state index in [9.17, 15) is 23.3 Å². The van der Waals surface area contributed by atoms with Gasteiger partial charge in [-0.05, 0) is 85.1 Å². The van der Waals surface area contributed by atoms with E-state index in [1.807, 2.05) is 43.3 Å². The maximum atomic E-state index is 13.9. The Hall–Kier alpha value is -5.62. The van der Waals surface area contributed by atoms with Crippen LogP contribution in [0.15, 0.2) is 108 Å². The number of rotatable bonds is 15. The molecule has 17 heteroatoms. The summed E-state index contributed by atoms with van der Waals surface area (Å²) in [6.45, 7) is 9.91. The number of anilines is 2. The number of nitrogens with zero attached hydrogens (tertiary/aromatic N) is 5. The monoisotopic (exact) mass is 895 g/mol. The normalized spacial score (nSPS) is 15.1. The molecule has 14 nitrogen and oxygen atoms in total. The van der Waals surface area contributed by atoms with Gasteiger partial charge >= 0.3 is 0 Å². The molecule has 0 unspecified atom stereocenters. The second kappa shape index (κ2) is 19.2. The van der Waals surface area contributed by atoms with Crippen molar-refractivity contribution < 1.29 is 27.6 Å². The quantitative estimate of drug-likeness (QED) is 0.0579. The fourth-order valence-electron chi connectivity index (χ4n) is 7.73. The fourth-order valence-corrected chi connectivity index (χ4v) is 9.65. The highest BCUT2D eigenvalue weighted by atomic mass is 35.5. The summed E-state index contributed by atoms with van der Waals surface area (Å²) >= 11 is 7.71. The van der Waals surface area contributed by atoms with E-state index < -0.39 is 31.4 Å². The molecule has 5 aromatic carbocycles. The van der Waals surface area contributed by atoms with Gasteiger partial charge in [-0.25, -0.2) is 18.1 Å². The predicted octanol–water partition coefficient (Wildman–Crippen LogP) is 8.20. The standard InChI is InChI=1S/C45H46ClN7O7S2/c1-31-48-41-28-36(12-16-44(41)61-31)60-43-27-35(52-21-19-51(20-22-52)30-33-5-2-3-6-38(33)32-7-9-34(46)10-8-32)11-14-39(43)45(54)49-62(57,58)37-13-15-40(42(29-37)53(55)56)47-17-4-18-50-23-25-59-26-24-50/h2-3,5-16,27-29,47H,4,17-26,30H2,1H3,(H,49,54). The molecule has 8 rings (SSSR count). The molecule has 2 N–H and O–H groups in total. The number of amides is 1. The van der Waals surface area contributed by atoms with Gasteiger partial charge in [0, 0.05) is 81.3 Å². The van der Waals surface area contributed by atoms with Crippen molar-refractivity contribution in [2.75, 3.05) is 75.8 Å². The number of aromatic nitrogens is 1. The molecule has 2 aliphatic heterocycles. The molecule has 0 radical (unpaired) electrons. The average Bonchev–Trinajstić information content (AvgIpc) is 3.65. The molecule has 3 heterocycles. The van der Waals surface area contributed by atoms with Crippen LogP contribution in [0.2, 0.25) is 5.02 Å². The molecule has 2 fully saturated rings. The van der Waals surface area contributed by atoms with Gasteiger partial charge in [0.2, 0.25) is 0 Å². The van der Waals surface area contributed by atoms with E-state index in [1.54, 1.807) is 41.7 Å². The Morgan fingerprint density at radius 2 is 1.69 bits per heavy atom. The van der Waals surface area contributed by atoms with Crippen molar-refractivity contribution in [3.05, 3.63) is 134 Å². The predicted molar refractivity (Wildman–Crippen MR) is 243 cm³/mol. The summed E-state index contributed by atoms with van der Waals surface area (Å²) in [7, 11) is -4.56. The molecule has 0 atom stereocenters. The van der Waals surface area contributed by atoms with Crippen molar-refractivity contribution in [2.24, 2.45) is 0 Å². The van der Waals surface area contributed by atoms with E-state index in [-0.39, 0.29) is 17.0 Å². The van der Waals surface area contributed by atoms with E-state index in [4.69, 9.17) is 21.1 Å². The lowest BCUT2D eigenvalue weighted by Gasteiger charge is -2.36. The SMILES string of the molecule is Cc1nc2cc(Oc3cc(N4CCN(Cc5ccccc5-c5ccc(Cl)cc5)CC4)ccc3C(=O)NS(=O)(=O)c3ccc(NCCCN4CCOCC4)c([N+](=O)[O-])c3)ccc2s1. The van der Waals surface area contributed by atoms with Gasteiger partial charge in [-0.2, -0.15) is 0 Å². The number of halogens is 1. The first-order valence-electron chi connectivity index (χ1n) is 20.4. The molecule has 2 saturated heterocycles. The molecule has 1 aromatic heterocycles. The van der Waals surface area contributed by atoms with Crippen LogP contribution in [0.5, 0.6) is 11.5 Å². The Morgan fingerprint density at radius 3 is 2.47 bits per heavy atom. The first-order chi connectivity index (χ1) is 30.0. The number of nitro benzene ring substituents is 1. The second-order valence-corrected chi connectivity index (χ2v) is 18.5. The smallest absolute Gasteiger partial charge is 0.293 e. The average molecular weight is 896 g/mol. The van der Waals surface area contributed by atoms with Crippen LogP contribution in [-0.2, 0) is 21.3 Å². The molecular weight excluding hydrogens is 850 g/mol. The van der Waals surface area contributed by atoms with Crippen molar-refractivity contribution in [1.82, 2.24) is 19.5 Å². The summed E-state index contributed by atoms with van der Waals surface area (Å²) in [6.07, 6.45) is 0.727. The lowest BCUT2D eigenvalue weighted by Crippen LogP contribution is -2.46. The highest BCUT2D eigenvalue weighted by molar-refractivity contribution is 7.90. The summed E-state index contributed by atoms with van der Waals surface area (Å²) in [4.78, 5) is 36.4. The molecule has 2 aliphatic rings. The lowest BCUT2D eigenvalue weighted by molar-refractivity contribution is -0.384. The third kappa shape index (κ3) is 10.3. The Labute approximate surface area is 369 Å². The molecule has 0 saturated carbocycles. The Morgan fingerprint density at radius 1 is 0.919 bits per heavy atom. The number of piperazine rings is 1. The molecule has 1 amide bonds. The van der Waals surface area contributed by atoms with E-state index in [0.717, 1.165) is 83.8 Å². The number of ether oxygens (including phenoxy) is 2. The minimum atomic E-state index is -4.56. The van der Waals surface area contributed by atoms with Gasteiger partial charge in [0.05, 0.1) is 43.8 Å². The van der Waals surface area contributed by atoms with Crippen LogP contribution < -0.4 is 19.7 Å². The van der Waals surface area contributed by atoms with E-state index in [0.29, 0.717) is 43.6 Å². The summed E-state index contributed by atoms with van der Waals surface area (Å²) in [5, 5.41) is 16.7. The Bertz CT molecular complexity index is 2680. The molecular formula is C45H46ClN7O7S2. The van der Waals surface area contributed by atoms with Crippen LogP contribution in [-0.4, -0.2) is 99.6 Å².